The van der Waals surface area contributed by atoms with E-state index in [1.165, 1.54) is 6.07 Å². The Balaban J connectivity index is 2.88. The van der Waals surface area contributed by atoms with Gasteiger partial charge in [-0.3, -0.25) is 5.10 Å². The van der Waals surface area contributed by atoms with Gasteiger partial charge < -0.3 is 4.74 Å². The zero-order valence-electron chi connectivity index (χ0n) is 7.39. The molecule has 0 saturated carbocycles. The summed E-state index contributed by atoms with van der Waals surface area (Å²) in [7, 11) is 1.55. The second-order valence-corrected chi connectivity index (χ2v) is 2.82. The molecule has 0 aliphatic heterocycles. The zero-order chi connectivity index (χ0) is 9.42. The minimum atomic E-state index is -0.333. The van der Waals surface area contributed by atoms with Crippen molar-refractivity contribution in [3.8, 4) is 5.75 Å². The van der Waals surface area contributed by atoms with Crippen LogP contribution in [0.15, 0.2) is 12.1 Å². The van der Waals surface area contributed by atoms with Gasteiger partial charge in [0.25, 0.3) is 0 Å². The predicted molar refractivity (Wildman–Crippen MR) is 47.3 cm³/mol. The van der Waals surface area contributed by atoms with Crippen molar-refractivity contribution in [1.82, 2.24) is 10.2 Å². The summed E-state index contributed by atoms with van der Waals surface area (Å²) in [5.41, 5.74) is 1.14. The number of halogens is 1. The number of aromatic nitrogens is 2. The normalized spacial score (nSPS) is 10.7. The van der Waals surface area contributed by atoms with Crippen molar-refractivity contribution in [3.63, 3.8) is 0 Å². The average Bonchev–Trinajstić information content (AvgIpc) is 2.51. The molecule has 2 aromatic rings. The predicted octanol–water partition coefficient (Wildman–Crippen LogP) is 2.02. The van der Waals surface area contributed by atoms with E-state index in [0.29, 0.717) is 16.7 Å². The summed E-state index contributed by atoms with van der Waals surface area (Å²) in [6.45, 7) is 1.83. The monoisotopic (exact) mass is 180 g/mol. The molecule has 0 fully saturated rings. The number of H-pyrrole nitrogens is 1. The quantitative estimate of drug-likeness (QED) is 0.729. The molecular weight excluding hydrogens is 171 g/mol. The molecule has 0 aliphatic rings. The van der Waals surface area contributed by atoms with Gasteiger partial charge in [0.1, 0.15) is 11.3 Å². The van der Waals surface area contributed by atoms with Gasteiger partial charge in [-0.05, 0) is 19.1 Å². The number of benzene rings is 1. The first-order valence-corrected chi connectivity index (χ1v) is 3.91. The Hall–Kier alpha value is -1.58. The number of rotatable bonds is 1. The summed E-state index contributed by atoms with van der Waals surface area (Å²) in [4.78, 5) is 0. The van der Waals surface area contributed by atoms with Crippen molar-refractivity contribution in [2.24, 2.45) is 0 Å². The minimum Gasteiger partial charge on any atom is -0.496 e. The number of hydrogen-bond donors (Lipinski definition) is 1. The molecule has 0 amide bonds. The number of hydrogen-bond acceptors (Lipinski definition) is 2. The fourth-order valence-corrected chi connectivity index (χ4v) is 1.38. The van der Waals surface area contributed by atoms with E-state index in [1.54, 1.807) is 13.2 Å². The molecule has 13 heavy (non-hydrogen) atoms. The van der Waals surface area contributed by atoms with E-state index in [1.807, 2.05) is 6.92 Å². The average molecular weight is 180 g/mol. The van der Waals surface area contributed by atoms with Crippen LogP contribution in [0.3, 0.4) is 0 Å². The van der Waals surface area contributed by atoms with Gasteiger partial charge in [-0.25, -0.2) is 4.39 Å². The molecule has 1 heterocycles. The molecule has 3 nitrogen and oxygen atoms in total. The lowest BCUT2D eigenvalue weighted by Crippen LogP contribution is -1.86. The fraction of sp³-hybridized carbons (Fsp3) is 0.222. The van der Waals surface area contributed by atoms with Crippen molar-refractivity contribution in [2.45, 2.75) is 6.92 Å². The lowest BCUT2D eigenvalue weighted by molar-refractivity contribution is 0.419. The lowest BCUT2D eigenvalue weighted by atomic mass is 10.2. The highest BCUT2D eigenvalue weighted by Crippen LogP contribution is 2.28. The van der Waals surface area contributed by atoms with Gasteiger partial charge >= 0.3 is 0 Å². The summed E-state index contributed by atoms with van der Waals surface area (Å²) in [5, 5.41) is 7.28. The first-order chi connectivity index (χ1) is 6.24. The molecule has 0 bridgehead atoms. The van der Waals surface area contributed by atoms with Gasteiger partial charge in [-0.15, -0.1) is 0 Å². The van der Waals surface area contributed by atoms with Crippen molar-refractivity contribution >= 4 is 10.9 Å². The summed E-state index contributed by atoms with van der Waals surface area (Å²) in [6, 6.07) is 2.95. The summed E-state index contributed by atoms with van der Waals surface area (Å²) in [5.74, 6) is 0.308. The molecule has 1 aromatic carbocycles. The van der Waals surface area contributed by atoms with E-state index in [0.717, 1.165) is 5.69 Å². The van der Waals surface area contributed by atoms with Crippen LogP contribution in [0.4, 0.5) is 4.39 Å². The van der Waals surface area contributed by atoms with E-state index < -0.39 is 0 Å². The van der Waals surface area contributed by atoms with E-state index in [4.69, 9.17) is 4.74 Å². The number of nitrogens with zero attached hydrogens (tertiary/aromatic N) is 1. The molecule has 0 atom stereocenters. The van der Waals surface area contributed by atoms with Gasteiger partial charge in [0.05, 0.1) is 12.5 Å². The highest BCUT2D eigenvalue weighted by atomic mass is 19.1. The molecule has 0 radical (unpaired) electrons. The zero-order valence-corrected chi connectivity index (χ0v) is 7.39. The molecule has 2 rings (SSSR count). The molecule has 68 valence electrons. The third kappa shape index (κ3) is 1.06. The number of fused-ring (bicyclic) bond motifs is 1. The number of ether oxygens (including phenoxy) is 1. The van der Waals surface area contributed by atoms with Crippen LogP contribution in [-0.2, 0) is 0 Å². The van der Waals surface area contributed by atoms with E-state index >= 15 is 0 Å². The standard InChI is InChI=1S/C9H9FN2O/c1-5-8-7(13-2)4-3-6(10)9(8)12-11-5/h3-4H,1-2H3,(H,11,12). The first-order valence-electron chi connectivity index (χ1n) is 3.91. The minimum absolute atomic E-state index is 0.330. The van der Waals surface area contributed by atoms with Crippen molar-refractivity contribution in [1.29, 1.82) is 0 Å². The van der Waals surface area contributed by atoms with Gasteiger partial charge in [-0.1, -0.05) is 0 Å². The molecule has 4 heteroatoms. The molecule has 0 saturated heterocycles. The summed E-state index contributed by atoms with van der Waals surface area (Å²) >= 11 is 0. The van der Waals surface area contributed by atoms with Crippen LogP contribution < -0.4 is 4.74 Å². The topological polar surface area (TPSA) is 37.9 Å². The molecule has 0 aliphatic carbocycles. The van der Waals surface area contributed by atoms with E-state index in [-0.39, 0.29) is 5.82 Å². The Kier molecular flexibility index (Phi) is 1.69. The molecular formula is C9H9FN2O. The Morgan fingerprint density at radius 2 is 2.23 bits per heavy atom. The summed E-state index contributed by atoms with van der Waals surface area (Å²) in [6.07, 6.45) is 0. The lowest BCUT2D eigenvalue weighted by Gasteiger charge is -2.01. The van der Waals surface area contributed by atoms with Gasteiger partial charge in [0.15, 0.2) is 5.82 Å². The maximum absolute atomic E-state index is 13.2. The highest BCUT2D eigenvalue weighted by molar-refractivity contribution is 5.87. The van der Waals surface area contributed by atoms with Crippen molar-refractivity contribution < 1.29 is 9.13 Å². The maximum Gasteiger partial charge on any atom is 0.151 e. The second kappa shape index (κ2) is 2.73. The number of methoxy groups -OCH3 is 1. The SMILES string of the molecule is COc1ccc(F)c2n[nH]c(C)c12. The van der Waals surface area contributed by atoms with Crippen molar-refractivity contribution in [3.05, 3.63) is 23.6 Å². The van der Waals surface area contributed by atoms with Crippen LogP contribution in [0.25, 0.3) is 10.9 Å². The van der Waals surface area contributed by atoms with E-state index in [9.17, 15) is 4.39 Å². The molecule has 0 spiro atoms. The maximum atomic E-state index is 13.2. The van der Waals surface area contributed by atoms with Crippen LogP contribution in [-0.4, -0.2) is 17.3 Å². The largest absolute Gasteiger partial charge is 0.496 e. The fourth-order valence-electron chi connectivity index (χ4n) is 1.38. The van der Waals surface area contributed by atoms with Crippen LogP contribution in [0.1, 0.15) is 5.69 Å². The van der Waals surface area contributed by atoms with Gasteiger partial charge in [0, 0.05) is 5.69 Å². The number of nitrogens with one attached hydrogen (secondary N) is 1. The van der Waals surface area contributed by atoms with Crippen LogP contribution >= 0.6 is 0 Å². The Morgan fingerprint density at radius 3 is 2.92 bits per heavy atom. The molecule has 1 N–H and O–H groups in total. The highest BCUT2D eigenvalue weighted by Gasteiger charge is 2.11. The Morgan fingerprint density at radius 1 is 1.46 bits per heavy atom. The molecule has 1 aromatic heterocycles. The Labute approximate surface area is 74.5 Å². The van der Waals surface area contributed by atoms with Crippen LogP contribution in [0, 0.1) is 12.7 Å². The van der Waals surface area contributed by atoms with Gasteiger partial charge in [-0.2, -0.15) is 5.10 Å². The van der Waals surface area contributed by atoms with Crippen LogP contribution in [0.2, 0.25) is 0 Å². The molecule has 0 unspecified atom stereocenters. The Bertz CT molecular complexity index is 450. The number of aryl methyl sites for hydroxylation is 1. The smallest absolute Gasteiger partial charge is 0.151 e. The first kappa shape index (κ1) is 8.04. The second-order valence-electron chi connectivity index (χ2n) is 2.82. The number of aromatic amines is 1. The third-order valence-electron chi connectivity index (χ3n) is 2.02. The van der Waals surface area contributed by atoms with E-state index in [2.05, 4.69) is 10.2 Å². The third-order valence-corrected chi connectivity index (χ3v) is 2.02. The van der Waals surface area contributed by atoms with Gasteiger partial charge in [0.2, 0.25) is 0 Å². The van der Waals surface area contributed by atoms with Crippen LogP contribution in [0.5, 0.6) is 5.75 Å². The summed E-state index contributed by atoms with van der Waals surface area (Å²) < 4.78 is 18.3. The van der Waals surface area contributed by atoms with Crippen molar-refractivity contribution in [2.75, 3.05) is 7.11 Å².